The fraction of sp³-hybridized carbons (Fsp3) is 0.235. The van der Waals surface area contributed by atoms with Gasteiger partial charge in [-0.2, -0.15) is 5.10 Å². The lowest BCUT2D eigenvalue weighted by Gasteiger charge is -2.11. The number of nitrogens with one attached hydrogen (secondary N) is 2. The highest BCUT2D eigenvalue weighted by molar-refractivity contribution is 6.38. The van der Waals surface area contributed by atoms with Crippen LogP contribution < -0.4 is 15.5 Å². The molecule has 0 bridgehead atoms. The van der Waals surface area contributed by atoms with Crippen molar-refractivity contribution in [3.63, 3.8) is 0 Å². The summed E-state index contributed by atoms with van der Waals surface area (Å²) in [4.78, 5) is 15.7. The van der Waals surface area contributed by atoms with Gasteiger partial charge in [0.05, 0.1) is 28.9 Å². The zero-order chi connectivity index (χ0) is 18.2. The Kier molecular flexibility index (Phi) is 7.03. The highest BCUT2D eigenvalue weighted by Crippen LogP contribution is 2.20. The number of amides is 1. The maximum atomic E-state index is 11.8. The Morgan fingerprint density at radius 3 is 2.72 bits per heavy atom. The molecule has 2 rings (SSSR count). The van der Waals surface area contributed by atoms with Gasteiger partial charge in [-0.25, -0.2) is 5.43 Å². The molecule has 2 aromatic rings. The number of aromatic nitrogens is 1. The number of rotatable bonds is 7. The van der Waals surface area contributed by atoms with E-state index in [4.69, 9.17) is 27.9 Å². The van der Waals surface area contributed by atoms with Gasteiger partial charge in [-0.1, -0.05) is 29.3 Å². The van der Waals surface area contributed by atoms with E-state index < -0.39 is 0 Å². The summed E-state index contributed by atoms with van der Waals surface area (Å²) in [5.74, 6) is 0.424. The highest BCUT2D eigenvalue weighted by atomic mass is 35.5. The summed E-state index contributed by atoms with van der Waals surface area (Å²) in [6, 6.07) is 7.38. The van der Waals surface area contributed by atoms with E-state index in [-0.39, 0.29) is 18.6 Å². The molecule has 0 spiro atoms. The Morgan fingerprint density at radius 1 is 1.32 bits per heavy atom. The molecule has 2 N–H and O–H groups in total. The maximum Gasteiger partial charge on any atom is 0.259 e. The van der Waals surface area contributed by atoms with Crippen molar-refractivity contribution in [2.75, 3.05) is 11.9 Å². The molecule has 0 radical (unpaired) electrons. The van der Waals surface area contributed by atoms with Gasteiger partial charge in [0.2, 0.25) is 0 Å². The minimum atomic E-state index is -0.312. The van der Waals surface area contributed by atoms with Crippen LogP contribution >= 0.6 is 23.2 Å². The summed E-state index contributed by atoms with van der Waals surface area (Å²) in [5, 5.41) is 7.55. The standard InChI is InChI=1S/C17H18Cl2N4O2/c1-11(2)25-13-5-3-4-12(6-13)21-10-17(24)23-22-7-14-15(18)8-20-9-16(14)19/h3-9,11,21H,10H2,1-2H3,(H,23,24)/b22-7+. The first-order valence-electron chi connectivity index (χ1n) is 7.57. The number of nitrogens with zero attached hydrogens (tertiary/aromatic N) is 2. The molecule has 25 heavy (non-hydrogen) atoms. The van der Waals surface area contributed by atoms with Crippen molar-refractivity contribution in [1.29, 1.82) is 0 Å². The highest BCUT2D eigenvalue weighted by Gasteiger charge is 2.05. The molecule has 1 amide bonds. The monoisotopic (exact) mass is 380 g/mol. The van der Waals surface area contributed by atoms with Crippen LogP contribution in [-0.2, 0) is 4.79 Å². The van der Waals surface area contributed by atoms with Crippen molar-refractivity contribution in [1.82, 2.24) is 10.4 Å². The third-order valence-electron chi connectivity index (χ3n) is 2.93. The summed E-state index contributed by atoms with van der Waals surface area (Å²) >= 11 is 11.9. The first-order chi connectivity index (χ1) is 12.0. The van der Waals surface area contributed by atoms with Gasteiger partial charge < -0.3 is 10.1 Å². The minimum Gasteiger partial charge on any atom is -0.491 e. The number of carbonyl (C=O) groups excluding carboxylic acids is 1. The molecule has 6 nitrogen and oxygen atoms in total. The minimum absolute atomic E-state index is 0.0558. The van der Waals surface area contributed by atoms with Crippen LogP contribution in [0.2, 0.25) is 10.0 Å². The molecular formula is C17H18Cl2N4O2. The normalized spacial score (nSPS) is 10.9. The average molecular weight is 381 g/mol. The lowest BCUT2D eigenvalue weighted by molar-refractivity contribution is -0.119. The summed E-state index contributed by atoms with van der Waals surface area (Å²) in [6.07, 6.45) is 4.36. The summed E-state index contributed by atoms with van der Waals surface area (Å²) in [6.45, 7) is 3.96. The van der Waals surface area contributed by atoms with Crippen molar-refractivity contribution in [2.45, 2.75) is 20.0 Å². The first kappa shape index (κ1) is 19.0. The van der Waals surface area contributed by atoms with E-state index in [0.29, 0.717) is 15.6 Å². The van der Waals surface area contributed by atoms with Gasteiger partial charge in [0.25, 0.3) is 5.91 Å². The molecule has 8 heteroatoms. The van der Waals surface area contributed by atoms with Crippen LogP contribution in [0.4, 0.5) is 5.69 Å². The van der Waals surface area contributed by atoms with Gasteiger partial charge in [-0.15, -0.1) is 0 Å². The largest absolute Gasteiger partial charge is 0.491 e. The molecule has 1 heterocycles. The Labute approximate surface area is 156 Å². The van der Waals surface area contributed by atoms with Crippen molar-refractivity contribution >= 4 is 41.0 Å². The van der Waals surface area contributed by atoms with Gasteiger partial charge in [0.15, 0.2) is 0 Å². The van der Waals surface area contributed by atoms with E-state index in [9.17, 15) is 4.79 Å². The summed E-state index contributed by atoms with van der Waals surface area (Å²) < 4.78 is 5.60. The topological polar surface area (TPSA) is 75.6 Å². The van der Waals surface area contributed by atoms with Gasteiger partial charge >= 0.3 is 0 Å². The molecule has 0 saturated heterocycles. The van der Waals surface area contributed by atoms with E-state index in [1.54, 1.807) is 0 Å². The molecule has 0 aliphatic rings. The maximum absolute atomic E-state index is 11.8. The molecule has 0 aliphatic heterocycles. The van der Waals surface area contributed by atoms with Crippen molar-refractivity contribution < 1.29 is 9.53 Å². The molecule has 132 valence electrons. The second-order valence-electron chi connectivity index (χ2n) is 5.36. The smallest absolute Gasteiger partial charge is 0.259 e. The van der Waals surface area contributed by atoms with Crippen LogP contribution in [0.1, 0.15) is 19.4 Å². The second kappa shape index (κ2) is 9.25. The molecule has 0 atom stereocenters. The quantitative estimate of drug-likeness (QED) is 0.566. The van der Waals surface area contributed by atoms with E-state index in [1.165, 1.54) is 18.6 Å². The molecular weight excluding hydrogens is 363 g/mol. The van der Waals surface area contributed by atoms with Crippen LogP contribution in [0.15, 0.2) is 41.8 Å². The van der Waals surface area contributed by atoms with Gasteiger partial charge in [-0.05, 0) is 26.0 Å². The van der Waals surface area contributed by atoms with Gasteiger partial charge in [0.1, 0.15) is 5.75 Å². The number of hydrazone groups is 1. The molecule has 1 aromatic carbocycles. The third-order valence-corrected chi connectivity index (χ3v) is 3.53. The predicted octanol–water partition coefficient (Wildman–Crippen LogP) is 3.74. The number of anilines is 1. The molecule has 0 fully saturated rings. The van der Waals surface area contributed by atoms with Crippen molar-refractivity contribution in [2.24, 2.45) is 5.10 Å². The molecule has 0 saturated carbocycles. The number of hydrogen-bond acceptors (Lipinski definition) is 5. The zero-order valence-electron chi connectivity index (χ0n) is 13.8. The van der Waals surface area contributed by atoms with E-state index in [0.717, 1.165) is 11.4 Å². The number of hydrogen-bond donors (Lipinski definition) is 2. The van der Waals surface area contributed by atoms with Crippen LogP contribution in [0.25, 0.3) is 0 Å². The number of ether oxygens (including phenoxy) is 1. The fourth-order valence-electron chi connectivity index (χ4n) is 1.89. The molecule has 0 aliphatic carbocycles. The molecule has 1 aromatic heterocycles. The van der Waals surface area contributed by atoms with Crippen LogP contribution in [0.5, 0.6) is 5.75 Å². The SMILES string of the molecule is CC(C)Oc1cccc(NCC(=O)N/N=C/c2c(Cl)cncc2Cl)c1. The van der Waals surface area contributed by atoms with E-state index in [1.807, 2.05) is 38.1 Å². The predicted molar refractivity (Wildman–Crippen MR) is 101 cm³/mol. The Hall–Kier alpha value is -2.31. The number of pyridine rings is 1. The Balaban J connectivity index is 1.86. The van der Waals surface area contributed by atoms with E-state index in [2.05, 4.69) is 20.8 Å². The zero-order valence-corrected chi connectivity index (χ0v) is 15.3. The number of halogens is 2. The number of benzene rings is 1. The molecule has 0 unspecified atom stereocenters. The fourth-order valence-corrected chi connectivity index (χ4v) is 2.35. The van der Waals surface area contributed by atoms with Crippen LogP contribution in [0, 0.1) is 0 Å². The average Bonchev–Trinajstić information content (AvgIpc) is 2.55. The van der Waals surface area contributed by atoms with Crippen molar-refractivity contribution in [3.05, 3.63) is 52.3 Å². The Bertz CT molecular complexity index is 746. The van der Waals surface area contributed by atoms with Gasteiger partial charge in [0, 0.05) is 29.7 Å². The van der Waals surface area contributed by atoms with Gasteiger partial charge in [-0.3, -0.25) is 9.78 Å². The second-order valence-corrected chi connectivity index (χ2v) is 6.17. The first-order valence-corrected chi connectivity index (χ1v) is 8.33. The lowest BCUT2D eigenvalue weighted by Crippen LogP contribution is -2.25. The Morgan fingerprint density at radius 2 is 2.04 bits per heavy atom. The number of carbonyl (C=O) groups is 1. The third kappa shape index (κ3) is 6.25. The van der Waals surface area contributed by atoms with Crippen LogP contribution in [-0.4, -0.2) is 29.8 Å². The lowest BCUT2D eigenvalue weighted by atomic mass is 10.3. The van der Waals surface area contributed by atoms with E-state index >= 15 is 0 Å². The summed E-state index contributed by atoms with van der Waals surface area (Å²) in [7, 11) is 0. The van der Waals surface area contributed by atoms with Crippen molar-refractivity contribution in [3.8, 4) is 5.75 Å². The summed E-state index contributed by atoms with van der Waals surface area (Å²) in [5.41, 5.74) is 3.67. The van der Waals surface area contributed by atoms with Crippen LogP contribution in [0.3, 0.4) is 0 Å².